The number of ketones is 1. The molecule has 0 saturated carbocycles. The molecule has 0 aromatic heterocycles. The fraction of sp³-hybridized carbons (Fsp3) is 0.273. The molecule has 0 saturated heterocycles. The van der Waals surface area contributed by atoms with Gasteiger partial charge in [-0.25, -0.2) is 0 Å². The van der Waals surface area contributed by atoms with Crippen LogP contribution in [0.3, 0.4) is 0 Å². The average molecular weight is 224 g/mol. The topological polar surface area (TPSA) is 54.4 Å². The Morgan fingerprint density at radius 3 is 2.27 bits per heavy atom. The van der Waals surface area contributed by atoms with E-state index in [4.69, 9.17) is 5.11 Å². The summed E-state index contributed by atoms with van der Waals surface area (Å²) in [5, 5.41) is 7.95. The monoisotopic (exact) mass is 224 g/mol. The summed E-state index contributed by atoms with van der Waals surface area (Å²) in [4.78, 5) is 22.4. The number of carboxylic acids is 1. The summed E-state index contributed by atoms with van der Waals surface area (Å²) < 4.78 is 0. The molecule has 1 aromatic rings. The van der Waals surface area contributed by atoms with Crippen LogP contribution in [0.4, 0.5) is 0 Å². The van der Waals surface area contributed by atoms with Crippen molar-refractivity contribution in [3.05, 3.63) is 35.9 Å². The zero-order valence-electron chi connectivity index (χ0n) is 8.25. The van der Waals surface area contributed by atoms with Gasteiger partial charge in [0.1, 0.15) is 0 Å². The van der Waals surface area contributed by atoms with Gasteiger partial charge in [0.25, 0.3) is 0 Å². The Balaban J connectivity index is 2.82. The highest BCUT2D eigenvalue weighted by atomic mass is 32.1. The number of aliphatic carboxylic acids is 1. The van der Waals surface area contributed by atoms with Gasteiger partial charge < -0.3 is 5.11 Å². The van der Waals surface area contributed by atoms with Crippen LogP contribution in [0.15, 0.2) is 30.3 Å². The maximum Gasteiger partial charge on any atom is 0.307 e. The quantitative estimate of drug-likeness (QED) is 0.606. The fourth-order valence-electron chi connectivity index (χ4n) is 1.14. The molecular formula is C11H12O3S. The first-order chi connectivity index (χ1) is 7.04. The summed E-state index contributed by atoms with van der Waals surface area (Å²) in [5.41, 5.74) is 0.491. The molecule has 0 aliphatic carbocycles. The highest BCUT2D eigenvalue weighted by molar-refractivity contribution is 7.81. The second-order valence-corrected chi connectivity index (χ2v) is 3.86. The normalized spacial score (nSPS) is 14.3. The summed E-state index contributed by atoms with van der Waals surface area (Å²) in [6, 6.07) is 8.57. The number of rotatable bonds is 4. The number of thiol groups is 1. The van der Waals surface area contributed by atoms with Crippen LogP contribution < -0.4 is 0 Å². The smallest absolute Gasteiger partial charge is 0.307 e. The third-order valence-corrected chi connectivity index (χ3v) is 2.87. The van der Waals surface area contributed by atoms with E-state index >= 15 is 0 Å². The lowest BCUT2D eigenvalue weighted by molar-refractivity contribution is -0.140. The molecule has 0 fully saturated rings. The Hall–Kier alpha value is -1.29. The van der Waals surface area contributed by atoms with Gasteiger partial charge in [0, 0.05) is 5.56 Å². The molecule has 2 atom stereocenters. The van der Waals surface area contributed by atoms with Gasteiger partial charge >= 0.3 is 5.97 Å². The van der Waals surface area contributed by atoms with E-state index in [0.29, 0.717) is 5.56 Å². The van der Waals surface area contributed by atoms with E-state index in [9.17, 15) is 9.59 Å². The SMILES string of the molecule is CC(C(=O)O)C(S)C(=O)c1ccccc1. The number of benzene rings is 1. The molecule has 3 nitrogen and oxygen atoms in total. The van der Waals surface area contributed by atoms with Crippen molar-refractivity contribution in [2.75, 3.05) is 0 Å². The van der Waals surface area contributed by atoms with E-state index < -0.39 is 17.1 Å². The van der Waals surface area contributed by atoms with Crippen LogP contribution in [0, 0.1) is 5.92 Å². The lowest BCUT2D eigenvalue weighted by Gasteiger charge is -2.13. The van der Waals surface area contributed by atoms with Crippen molar-refractivity contribution in [2.24, 2.45) is 5.92 Å². The van der Waals surface area contributed by atoms with E-state index in [0.717, 1.165) is 0 Å². The van der Waals surface area contributed by atoms with Gasteiger partial charge in [-0.3, -0.25) is 9.59 Å². The molecule has 0 heterocycles. The van der Waals surface area contributed by atoms with Gasteiger partial charge in [-0.05, 0) is 0 Å². The fourth-order valence-corrected chi connectivity index (χ4v) is 1.41. The summed E-state index contributed by atoms with van der Waals surface area (Å²) >= 11 is 4.04. The van der Waals surface area contributed by atoms with E-state index in [2.05, 4.69) is 12.6 Å². The van der Waals surface area contributed by atoms with Crippen molar-refractivity contribution in [1.82, 2.24) is 0 Å². The third kappa shape index (κ3) is 2.83. The van der Waals surface area contributed by atoms with Crippen LogP contribution in [0.5, 0.6) is 0 Å². The van der Waals surface area contributed by atoms with Crippen molar-refractivity contribution in [3.63, 3.8) is 0 Å². The zero-order chi connectivity index (χ0) is 11.4. The highest BCUT2D eigenvalue weighted by Gasteiger charge is 2.27. The van der Waals surface area contributed by atoms with Crippen molar-refractivity contribution in [2.45, 2.75) is 12.2 Å². The van der Waals surface area contributed by atoms with Gasteiger partial charge in [-0.15, -0.1) is 0 Å². The zero-order valence-corrected chi connectivity index (χ0v) is 9.15. The first-order valence-electron chi connectivity index (χ1n) is 4.54. The number of hydrogen-bond acceptors (Lipinski definition) is 3. The first kappa shape index (κ1) is 11.8. The number of carboxylic acid groups (broad SMARTS) is 1. The average Bonchev–Trinajstić information content (AvgIpc) is 2.27. The Morgan fingerprint density at radius 2 is 1.80 bits per heavy atom. The van der Waals surface area contributed by atoms with Gasteiger partial charge in [0.05, 0.1) is 11.2 Å². The summed E-state index contributed by atoms with van der Waals surface area (Å²) in [6.45, 7) is 1.47. The number of Topliss-reactive ketones (excluding diaryl/α,β-unsaturated/α-hetero) is 1. The van der Waals surface area contributed by atoms with Gasteiger partial charge in [-0.2, -0.15) is 12.6 Å². The molecule has 0 bridgehead atoms. The molecule has 4 heteroatoms. The second-order valence-electron chi connectivity index (χ2n) is 3.30. The first-order valence-corrected chi connectivity index (χ1v) is 5.06. The molecule has 1 N–H and O–H groups in total. The molecule has 2 unspecified atom stereocenters. The van der Waals surface area contributed by atoms with Crippen LogP contribution in [-0.2, 0) is 4.79 Å². The minimum absolute atomic E-state index is 0.256. The second kappa shape index (κ2) is 4.98. The van der Waals surface area contributed by atoms with Crippen LogP contribution in [0.2, 0.25) is 0 Å². The van der Waals surface area contributed by atoms with Crippen LogP contribution in [-0.4, -0.2) is 22.1 Å². The van der Waals surface area contributed by atoms with Crippen LogP contribution in [0.1, 0.15) is 17.3 Å². The molecule has 0 spiro atoms. The molecule has 1 aromatic carbocycles. The Kier molecular flexibility index (Phi) is 3.91. The Morgan fingerprint density at radius 1 is 1.27 bits per heavy atom. The van der Waals surface area contributed by atoms with E-state index in [1.54, 1.807) is 30.3 Å². The highest BCUT2D eigenvalue weighted by Crippen LogP contribution is 2.16. The largest absolute Gasteiger partial charge is 0.481 e. The molecule has 0 radical (unpaired) electrons. The van der Waals surface area contributed by atoms with E-state index in [-0.39, 0.29) is 5.78 Å². The maximum absolute atomic E-state index is 11.8. The van der Waals surface area contributed by atoms with E-state index in [1.807, 2.05) is 0 Å². The molecule has 15 heavy (non-hydrogen) atoms. The molecule has 0 amide bonds. The van der Waals surface area contributed by atoms with Crippen LogP contribution in [0.25, 0.3) is 0 Å². The molecular weight excluding hydrogens is 212 g/mol. The van der Waals surface area contributed by atoms with Gasteiger partial charge in [0.15, 0.2) is 5.78 Å². The standard InChI is InChI=1S/C11H12O3S/c1-7(11(13)14)10(15)9(12)8-5-3-2-4-6-8/h2-7,10,15H,1H3,(H,13,14). The number of hydrogen-bond donors (Lipinski definition) is 2. The third-order valence-electron chi connectivity index (χ3n) is 2.19. The summed E-state index contributed by atoms with van der Waals surface area (Å²) in [6.07, 6.45) is 0. The van der Waals surface area contributed by atoms with Gasteiger partial charge in [0.2, 0.25) is 0 Å². The summed E-state index contributed by atoms with van der Waals surface area (Å²) in [7, 11) is 0. The molecule has 1 rings (SSSR count). The van der Waals surface area contributed by atoms with Crippen molar-refractivity contribution >= 4 is 24.4 Å². The maximum atomic E-state index is 11.8. The minimum Gasteiger partial charge on any atom is -0.481 e. The molecule has 0 aliphatic rings. The predicted molar refractivity (Wildman–Crippen MR) is 60.3 cm³/mol. The van der Waals surface area contributed by atoms with Crippen molar-refractivity contribution < 1.29 is 14.7 Å². The Labute approximate surface area is 93.5 Å². The predicted octanol–water partition coefficient (Wildman–Crippen LogP) is 1.89. The molecule has 0 aliphatic heterocycles. The van der Waals surface area contributed by atoms with Crippen molar-refractivity contribution in [3.8, 4) is 0 Å². The van der Waals surface area contributed by atoms with Crippen molar-refractivity contribution in [1.29, 1.82) is 0 Å². The number of carbonyl (C=O) groups is 2. The van der Waals surface area contributed by atoms with Crippen LogP contribution >= 0.6 is 12.6 Å². The minimum atomic E-state index is -1.01. The van der Waals surface area contributed by atoms with Gasteiger partial charge in [-0.1, -0.05) is 37.3 Å². The summed E-state index contributed by atoms with van der Waals surface area (Å²) in [5.74, 6) is -2.06. The lowest BCUT2D eigenvalue weighted by Crippen LogP contribution is -2.28. The lowest BCUT2D eigenvalue weighted by atomic mass is 9.99. The van der Waals surface area contributed by atoms with E-state index in [1.165, 1.54) is 6.92 Å². The molecule has 80 valence electrons. The number of carbonyl (C=O) groups excluding carboxylic acids is 1. The Bertz CT molecular complexity index is 361.